The van der Waals surface area contributed by atoms with Crippen molar-refractivity contribution in [3.63, 3.8) is 0 Å². The molecular formula is C18H43N3OSi. The van der Waals surface area contributed by atoms with Crippen LogP contribution in [0.2, 0.25) is 18.6 Å². The van der Waals surface area contributed by atoms with Crippen LogP contribution in [-0.2, 0) is 4.43 Å². The van der Waals surface area contributed by atoms with E-state index in [1.54, 1.807) is 0 Å². The zero-order valence-corrected chi connectivity index (χ0v) is 18.0. The van der Waals surface area contributed by atoms with E-state index in [4.69, 9.17) is 4.43 Å². The molecule has 5 heteroatoms. The van der Waals surface area contributed by atoms with E-state index in [9.17, 15) is 0 Å². The van der Waals surface area contributed by atoms with Crippen LogP contribution >= 0.6 is 0 Å². The Morgan fingerprint density at radius 2 is 1.26 bits per heavy atom. The lowest BCUT2D eigenvalue weighted by atomic mass is 10.3. The van der Waals surface area contributed by atoms with Crippen LogP contribution < -0.4 is 0 Å². The maximum absolute atomic E-state index is 5.85. The topological polar surface area (TPSA) is 19.0 Å². The van der Waals surface area contributed by atoms with Gasteiger partial charge >= 0.3 is 0 Å². The summed E-state index contributed by atoms with van der Waals surface area (Å²) in [6, 6.07) is 2.47. The molecule has 0 aromatic heterocycles. The number of nitrogens with zero attached hydrogens (tertiary/aromatic N) is 3. The van der Waals surface area contributed by atoms with Gasteiger partial charge in [-0.2, -0.15) is 0 Å². The van der Waals surface area contributed by atoms with Crippen molar-refractivity contribution in [1.82, 2.24) is 14.7 Å². The molecule has 0 saturated heterocycles. The normalized spacial score (nSPS) is 14.9. The van der Waals surface area contributed by atoms with Gasteiger partial charge in [0.15, 0.2) is 8.32 Å². The molecule has 4 nitrogen and oxygen atoms in total. The van der Waals surface area contributed by atoms with E-state index in [0.717, 1.165) is 13.1 Å². The van der Waals surface area contributed by atoms with Crippen LogP contribution in [0, 0.1) is 0 Å². The van der Waals surface area contributed by atoms with E-state index in [1.807, 2.05) is 7.11 Å². The van der Waals surface area contributed by atoms with Gasteiger partial charge in [-0.3, -0.25) is 0 Å². The second-order valence-corrected chi connectivity index (χ2v) is 11.6. The summed E-state index contributed by atoms with van der Waals surface area (Å²) in [4.78, 5) is 7.49. The Labute approximate surface area is 147 Å². The molecule has 0 aliphatic rings. The molecule has 0 bridgehead atoms. The molecule has 1 atom stereocenters. The van der Waals surface area contributed by atoms with Crippen molar-refractivity contribution in [3.8, 4) is 0 Å². The van der Waals surface area contributed by atoms with Crippen LogP contribution in [0.1, 0.15) is 33.6 Å². The summed E-state index contributed by atoms with van der Waals surface area (Å²) in [5, 5.41) is 0. The molecule has 0 N–H and O–H groups in total. The van der Waals surface area contributed by atoms with E-state index in [0.29, 0.717) is 0 Å². The van der Waals surface area contributed by atoms with Gasteiger partial charge in [-0.25, -0.2) is 0 Å². The molecule has 23 heavy (non-hydrogen) atoms. The third-order valence-corrected chi connectivity index (χ3v) is 9.07. The molecule has 0 aliphatic carbocycles. The van der Waals surface area contributed by atoms with Gasteiger partial charge in [0.25, 0.3) is 0 Å². The lowest BCUT2D eigenvalue weighted by molar-refractivity contribution is 0.236. The number of rotatable bonds is 15. The summed E-state index contributed by atoms with van der Waals surface area (Å²) < 4.78 is 5.85. The third-order valence-electron chi connectivity index (χ3n) is 5.31. The van der Waals surface area contributed by atoms with Crippen LogP contribution in [0.3, 0.4) is 0 Å². The standard InChI is InChI=1S/C18H43N3OSi/c1-8-19(4)13-11-15-21(16-12-14-20(5)9-2)17-18-23(7,10-3)22-6/h8-18H2,1-7H3. The summed E-state index contributed by atoms with van der Waals surface area (Å²) in [5.74, 6) is 0. The number of hydrogen-bond donors (Lipinski definition) is 0. The van der Waals surface area contributed by atoms with E-state index >= 15 is 0 Å². The summed E-state index contributed by atoms with van der Waals surface area (Å²) in [6.07, 6.45) is 2.54. The van der Waals surface area contributed by atoms with E-state index in [2.05, 4.69) is 56.1 Å². The average molecular weight is 346 g/mol. The maximum atomic E-state index is 5.85. The van der Waals surface area contributed by atoms with Crippen LogP contribution in [0.15, 0.2) is 0 Å². The fourth-order valence-corrected chi connectivity index (χ4v) is 4.23. The van der Waals surface area contributed by atoms with Crippen LogP contribution in [0.5, 0.6) is 0 Å². The van der Waals surface area contributed by atoms with Crippen LogP contribution in [0.4, 0.5) is 0 Å². The van der Waals surface area contributed by atoms with Crippen molar-refractivity contribution in [2.75, 3.05) is 67.0 Å². The van der Waals surface area contributed by atoms with Crippen molar-refractivity contribution in [2.24, 2.45) is 0 Å². The van der Waals surface area contributed by atoms with Gasteiger partial charge in [-0.1, -0.05) is 20.8 Å². The highest BCUT2D eigenvalue weighted by Crippen LogP contribution is 2.16. The quantitative estimate of drug-likeness (QED) is 0.424. The average Bonchev–Trinajstić information content (AvgIpc) is 2.58. The van der Waals surface area contributed by atoms with Gasteiger partial charge in [0.2, 0.25) is 0 Å². The minimum Gasteiger partial charge on any atom is -0.420 e. The lowest BCUT2D eigenvalue weighted by Gasteiger charge is -2.29. The molecule has 0 fully saturated rings. The van der Waals surface area contributed by atoms with Crippen molar-refractivity contribution in [1.29, 1.82) is 0 Å². The first-order valence-electron chi connectivity index (χ1n) is 9.55. The minimum atomic E-state index is -1.46. The predicted octanol–water partition coefficient (Wildman–Crippen LogP) is 3.21. The molecule has 0 amide bonds. The largest absolute Gasteiger partial charge is 0.420 e. The fourth-order valence-electron chi connectivity index (χ4n) is 2.60. The van der Waals surface area contributed by atoms with Crippen molar-refractivity contribution in [3.05, 3.63) is 0 Å². The second kappa shape index (κ2) is 13.4. The zero-order valence-electron chi connectivity index (χ0n) is 17.0. The predicted molar refractivity (Wildman–Crippen MR) is 106 cm³/mol. The summed E-state index contributed by atoms with van der Waals surface area (Å²) >= 11 is 0. The fraction of sp³-hybridized carbons (Fsp3) is 1.00. The summed E-state index contributed by atoms with van der Waals surface area (Å²) in [5.41, 5.74) is 0. The van der Waals surface area contributed by atoms with Gasteiger partial charge in [0, 0.05) is 7.11 Å². The highest BCUT2D eigenvalue weighted by Gasteiger charge is 2.25. The van der Waals surface area contributed by atoms with E-state index in [1.165, 1.54) is 57.7 Å². The molecule has 0 radical (unpaired) electrons. The molecule has 1 unspecified atom stereocenters. The van der Waals surface area contributed by atoms with Crippen molar-refractivity contribution in [2.45, 2.75) is 52.2 Å². The van der Waals surface area contributed by atoms with Crippen molar-refractivity contribution >= 4 is 8.32 Å². The van der Waals surface area contributed by atoms with Crippen LogP contribution in [0.25, 0.3) is 0 Å². The summed E-state index contributed by atoms with van der Waals surface area (Å²) in [7, 11) is 4.88. The third kappa shape index (κ3) is 11.3. The Morgan fingerprint density at radius 1 is 0.783 bits per heavy atom. The van der Waals surface area contributed by atoms with Crippen LogP contribution in [-0.4, -0.2) is 90.0 Å². The molecule has 0 aromatic rings. The molecule has 0 heterocycles. The Bertz CT molecular complexity index is 259. The molecule has 0 aliphatic heterocycles. The SMILES string of the molecule is CCN(C)CCCN(CCCN(C)CC)CC[Si](C)(CC)OC. The van der Waals surface area contributed by atoms with Gasteiger partial charge in [0.1, 0.15) is 0 Å². The van der Waals surface area contributed by atoms with Crippen molar-refractivity contribution < 1.29 is 4.43 Å². The molecule has 140 valence electrons. The second-order valence-electron chi connectivity index (χ2n) is 7.10. The summed E-state index contributed by atoms with van der Waals surface area (Å²) in [6.45, 7) is 17.5. The first-order chi connectivity index (χ1) is 10.9. The Hall–Kier alpha value is 0.0569. The van der Waals surface area contributed by atoms with Gasteiger partial charge in [-0.15, -0.1) is 0 Å². The smallest absolute Gasteiger partial charge is 0.190 e. The Morgan fingerprint density at radius 3 is 1.61 bits per heavy atom. The Balaban J connectivity index is 4.30. The minimum absolute atomic E-state index is 1.14. The Kier molecular flexibility index (Phi) is 13.4. The van der Waals surface area contributed by atoms with E-state index < -0.39 is 8.32 Å². The highest BCUT2D eigenvalue weighted by atomic mass is 28.4. The molecule has 0 aromatic carbocycles. The van der Waals surface area contributed by atoms with E-state index in [-0.39, 0.29) is 0 Å². The highest BCUT2D eigenvalue weighted by molar-refractivity contribution is 6.72. The molecule has 0 saturated carbocycles. The van der Waals surface area contributed by atoms with Gasteiger partial charge in [0.05, 0.1) is 0 Å². The first kappa shape index (κ1) is 23.1. The maximum Gasteiger partial charge on any atom is 0.190 e. The number of hydrogen-bond acceptors (Lipinski definition) is 4. The lowest BCUT2D eigenvalue weighted by Crippen LogP contribution is -2.39. The molecule has 0 spiro atoms. The first-order valence-corrected chi connectivity index (χ1v) is 12.4. The monoisotopic (exact) mass is 345 g/mol. The van der Waals surface area contributed by atoms with Gasteiger partial charge in [-0.05, 0) is 91.4 Å². The zero-order chi connectivity index (χ0) is 17.7. The molecule has 0 rings (SSSR count). The molecular weight excluding hydrogens is 302 g/mol. The van der Waals surface area contributed by atoms with Gasteiger partial charge < -0.3 is 19.1 Å².